The van der Waals surface area contributed by atoms with E-state index in [0.717, 1.165) is 22.9 Å². The Bertz CT molecular complexity index is 1430. The molecule has 1 heterocycles. The predicted molar refractivity (Wildman–Crippen MR) is 135 cm³/mol. The summed E-state index contributed by atoms with van der Waals surface area (Å²) in [7, 11) is -2.78. The summed E-state index contributed by atoms with van der Waals surface area (Å²) in [5.41, 5.74) is 2.35. The number of methoxy groups -OCH3 is 1. The molecule has 1 fully saturated rings. The van der Waals surface area contributed by atoms with Gasteiger partial charge in [-0.15, -0.1) is 0 Å². The standard InChI is InChI=1S/C25H20ClNO6S2/c1-16-4-3-5-18(12-16)15-27-24(28)23(34-25(27)29)14-17-6-11-21(32-2)22(13-17)33-35(30,31)20-9-7-19(26)8-10-20/h3-14H,15H2,1-2H3/b23-14-. The largest absolute Gasteiger partial charge is 0.493 e. The van der Waals surface area contributed by atoms with Crippen LogP contribution >= 0.6 is 23.4 Å². The molecule has 0 saturated carbocycles. The van der Waals surface area contributed by atoms with Gasteiger partial charge in [0.2, 0.25) is 0 Å². The first kappa shape index (κ1) is 24.8. The highest BCUT2D eigenvalue weighted by Gasteiger charge is 2.35. The first-order valence-corrected chi connectivity index (χ1v) is 13.0. The first-order valence-electron chi connectivity index (χ1n) is 10.4. The van der Waals surface area contributed by atoms with E-state index in [0.29, 0.717) is 10.6 Å². The molecule has 2 amide bonds. The fourth-order valence-electron chi connectivity index (χ4n) is 3.40. The highest BCUT2D eigenvalue weighted by atomic mass is 35.5. The summed E-state index contributed by atoms with van der Waals surface area (Å²) < 4.78 is 36.0. The molecular formula is C25H20ClNO6S2. The predicted octanol–water partition coefficient (Wildman–Crippen LogP) is 5.66. The molecule has 10 heteroatoms. The van der Waals surface area contributed by atoms with Gasteiger partial charge in [0, 0.05) is 5.02 Å². The average Bonchev–Trinajstić information content (AvgIpc) is 3.06. The van der Waals surface area contributed by atoms with Crippen molar-refractivity contribution in [1.29, 1.82) is 0 Å². The van der Waals surface area contributed by atoms with Gasteiger partial charge in [0.1, 0.15) is 4.90 Å². The number of carbonyl (C=O) groups is 2. The Hall–Kier alpha value is -3.27. The molecule has 35 heavy (non-hydrogen) atoms. The fourth-order valence-corrected chi connectivity index (χ4v) is 5.29. The van der Waals surface area contributed by atoms with Crippen molar-refractivity contribution in [2.45, 2.75) is 18.4 Å². The number of nitrogens with zero attached hydrogens (tertiary/aromatic N) is 1. The molecular weight excluding hydrogens is 510 g/mol. The van der Waals surface area contributed by atoms with E-state index >= 15 is 0 Å². The van der Waals surface area contributed by atoms with Crippen molar-refractivity contribution >= 4 is 50.7 Å². The second-order valence-corrected chi connectivity index (χ2v) is 10.6. The number of ether oxygens (including phenoxy) is 1. The molecule has 0 aliphatic carbocycles. The van der Waals surface area contributed by atoms with Gasteiger partial charge in [-0.1, -0.05) is 47.5 Å². The van der Waals surface area contributed by atoms with E-state index in [4.69, 9.17) is 20.5 Å². The van der Waals surface area contributed by atoms with E-state index in [-0.39, 0.29) is 33.1 Å². The molecule has 0 atom stereocenters. The molecule has 0 unspecified atom stereocenters. The lowest BCUT2D eigenvalue weighted by Gasteiger charge is -2.13. The number of amides is 2. The van der Waals surface area contributed by atoms with Crippen molar-refractivity contribution in [3.63, 3.8) is 0 Å². The number of hydrogen-bond donors (Lipinski definition) is 0. The molecule has 3 aromatic rings. The van der Waals surface area contributed by atoms with E-state index in [9.17, 15) is 18.0 Å². The van der Waals surface area contributed by atoms with Crippen LogP contribution in [-0.2, 0) is 21.5 Å². The minimum absolute atomic E-state index is 0.0600. The number of hydrogen-bond acceptors (Lipinski definition) is 7. The van der Waals surface area contributed by atoms with Gasteiger partial charge >= 0.3 is 10.1 Å². The SMILES string of the molecule is COc1ccc(/C=C2\SC(=O)N(Cc3cccc(C)c3)C2=O)cc1OS(=O)(=O)c1ccc(Cl)cc1. The van der Waals surface area contributed by atoms with E-state index in [1.54, 1.807) is 6.07 Å². The number of benzene rings is 3. The van der Waals surface area contributed by atoms with Crippen molar-refractivity contribution in [3.05, 3.63) is 93.3 Å². The van der Waals surface area contributed by atoms with Crippen LogP contribution in [0.5, 0.6) is 11.5 Å². The van der Waals surface area contributed by atoms with Crippen molar-refractivity contribution in [2.75, 3.05) is 7.11 Å². The molecule has 0 aromatic heterocycles. The van der Waals surface area contributed by atoms with Crippen LogP contribution in [0.15, 0.2) is 76.5 Å². The summed E-state index contributed by atoms with van der Waals surface area (Å²) in [6, 6.07) is 17.7. The highest BCUT2D eigenvalue weighted by molar-refractivity contribution is 8.18. The molecule has 1 aliphatic heterocycles. The Morgan fingerprint density at radius 3 is 2.43 bits per heavy atom. The van der Waals surface area contributed by atoms with Crippen molar-refractivity contribution < 1.29 is 26.9 Å². The summed E-state index contributed by atoms with van der Waals surface area (Å²) in [4.78, 5) is 26.7. The normalized spacial score (nSPS) is 15.1. The lowest BCUT2D eigenvalue weighted by molar-refractivity contribution is -0.123. The van der Waals surface area contributed by atoms with Gasteiger partial charge in [-0.05, 0) is 72.3 Å². The summed E-state index contributed by atoms with van der Waals surface area (Å²) in [6.07, 6.45) is 1.52. The van der Waals surface area contributed by atoms with Crippen LogP contribution in [0.25, 0.3) is 6.08 Å². The van der Waals surface area contributed by atoms with Crippen LogP contribution in [-0.4, -0.2) is 31.6 Å². The third-order valence-corrected chi connectivity index (χ3v) is 7.49. The minimum atomic E-state index is -4.17. The quantitative estimate of drug-likeness (QED) is 0.288. The van der Waals surface area contributed by atoms with Gasteiger partial charge in [-0.2, -0.15) is 8.42 Å². The van der Waals surface area contributed by atoms with Gasteiger partial charge in [0.05, 0.1) is 18.6 Å². The zero-order valence-electron chi connectivity index (χ0n) is 18.7. The highest BCUT2D eigenvalue weighted by Crippen LogP contribution is 2.36. The molecule has 1 saturated heterocycles. The Balaban J connectivity index is 1.59. The molecule has 7 nitrogen and oxygen atoms in total. The lowest BCUT2D eigenvalue weighted by atomic mass is 10.1. The van der Waals surface area contributed by atoms with Crippen LogP contribution in [0.4, 0.5) is 4.79 Å². The summed E-state index contributed by atoms with van der Waals surface area (Å²) >= 11 is 6.66. The Morgan fingerprint density at radius 1 is 1.00 bits per heavy atom. The molecule has 4 rings (SSSR count). The molecule has 0 N–H and O–H groups in total. The molecule has 0 radical (unpaired) electrons. The van der Waals surface area contributed by atoms with Crippen LogP contribution in [0.1, 0.15) is 16.7 Å². The first-order chi connectivity index (χ1) is 16.7. The van der Waals surface area contributed by atoms with E-state index < -0.39 is 16.0 Å². The number of carbonyl (C=O) groups excluding carboxylic acids is 2. The van der Waals surface area contributed by atoms with Crippen LogP contribution in [0.2, 0.25) is 5.02 Å². The van der Waals surface area contributed by atoms with E-state index in [2.05, 4.69) is 0 Å². The maximum atomic E-state index is 12.9. The van der Waals surface area contributed by atoms with Gasteiger partial charge in [-0.3, -0.25) is 14.5 Å². The van der Waals surface area contributed by atoms with Crippen molar-refractivity contribution in [3.8, 4) is 11.5 Å². The molecule has 1 aliphatic rings. The summed E-state index contributed by atoms with van der Waals surface area (Å²) in [6.45, 7) is 2.10. The van der Waals surface area contributed by atoms with Gasteiger partial charge in [-0.25, -0.2) is 0 Å². The van der Waals surface area contributed by atoms with E-state index in [1.807, 2.05) is 31.2 Å². The maximum Gasteiger partial charge on any atom is 0.339 e. The number of rotatable bonds is 7. The molecule has 3 aromatic carbocycles. The van der Waals surface area contributed by atoms with E-state index in [1.165, 1.54) is 54.5 Å². The Labute approximate surface area is 212 Å². The van der Waals surface area contributed by atoms with Crippen LogP contribution < -0.4 is 8.92 Å². The van der Waals surface area contributed by atoms with Crippen molar-refractivity contribution in [2.24, 2.45) is 0 Å². The number of halogens is 1. The Kier molecular flexibility index (Phi) is 7.20. The van der Waals surface area contributed by atoms with Gasteiger partial charge in [0.15, 0.2) is 11.5 Å². The molecule has 180 valence electrons. The number of imide groups is 1. The zero-order valence-corrected chi connectivity index (χ0v) is 21.1. The monoisotopic (exact) mass is 529 g/mol. The Morgan fingerprint density at radius 2 is 1.74 bits per heavy atom. The van der Waals surface area contributed by atoms with Crippen LogP contribution in [0.3, 0.4) is 0 Å². The third kappa shape index (κ3) is 5.70. The molecule has 0 spiro atoms. The smallest absolute Gasteiger partial charge is 0.339 e. The maximum absolute atomic E-state index is 12.9. The second kappa shape index (κ2) is 10.2. The minimum Gasteiger partial charge on any atom is -0.493 e. The number of thioether (sulfide) groups is 1. The fraction of sp³-hybridized carbons (Fsp3) is 0.120. The third-order valence-electron chi connectivity index (χ3n) is 5.08. The summed E-state index contributed by atoms with van der Waals surface area (Å²) in [5.74, 6) is -0.295. The van der Waals surface area contributed by atoms with Crippen molar-refractivity contribution in [1.82, 2.24) is 4.90 Å². The summed E-state index contributed by atoms with van der Waals surface area (Å²) in [5, 5.41) is 0.0120. The lowest BCUT2D eigenvalue weighted by Crippen LogP contribution is -2.27. The van der Waals surface area contributed by atoms with Gasteiger partial charge < -0.3 is 8.92 Å². The second-order valence-electron chi connectivity index (χ2n) is 7.66. The topological polar surface area (TPSA) is 90.0 Å². The van der Waals surface area contributed by atoms with Crippen LogP contribution in [0, 0.1) is 6.92 Å². The molecule has 0 bridgehead atoms. The number of aryl methyl sites for hydroxylation is 1. The average molecular weight is 530 g/mol. The van der Waals surface area contributed by atoms with Gasteiger partial charge in [0.25, 0.3) is 11.1 Å². The zero-order chi connectivity index (χ0) is 25.2.